The molecule has 0 heterocycles. The molecule has 0 radical (unpaired) electrons. The summed E-state index contributed by atoms with van der Waals surface area (Å²) in [5.74, 6) is 4.44. The van der Waals surface area contributed by atoms with Gasteiger partial charge in [-0.05, 0) is 36.4 Å². The van der Waals surface area contributed by atoms with E-state index in [0.29, 0.717) is 11.3 Å². The molecule has 0 saturated carbocycles. The second kappa shape index (κ2) is 6.92. The van der Waals surface area contributed by atoms with Crippen LogP contribution in [0.5, 0.6) is 0 Å². The minimum Gasteiger partial charge on any atom is -0.465 e. The fourth-order valence-electron chi connectivity index (χ4n) is 1.62. The quantitative estimate of drug-likeness (QED) is 0.678. The van der Waals surface area contributed by atoms with E-state index in [4.69, 9.17) is 0 Å². The normalized spacial score (nSPS) is 9.19. The third kappa shape index (κ3) is 4.22. The smallest absolute Gasteiger partial charge is 0.337 e. The maximum atomic E-state index is 11.7. The Morgan fingerprint density at radius 2 is 1.67 bits per heavy atom. The summed E-state index contributed by atoms with van der Waals surface area (Å²) < 4.78 is 4.60. The second-order valence-electron chi connectivity index (χ2n) is 4.14. The number of nitrogens with one attached hydrogen (secondary N) is 1. The van der Waals surface area contributed by atoms with Crippen molar-refractivity contribution in [2.75, 3.05) is 12.4 Å². The molecule has 21 heavy (non-hydrogen) atoms. The van der Waals surface area contributed by atoms with E-state index in [9.17, 15) is 9.59 Å². The number of ether oxygens (including phenoxy) is 1. The van der Waals surface area contributed by atoms with Gasteiger partial charge in [0.2, 0.25) is 0 Å². The van der Waals surface area contributed by atoms with Crippen molar-refractivity contribution in [2.24, 2.45) is 0 Å². The lowest BCUT2D eigenvalue weighted by atomic mass is 10.2. The van der Waals surface area contributed by atoms with Gasteiger partial charge in [0.1, 0.15) is 0 Å². The number of carbonyl (C=O) groups excluding carboxylic acids is 2. The molecule has 2 rings (SSSR count). The van der Waals surface area contributed by atoms with Crippen LogP contribution in [0.15, 0.2) is 54.6 Å². The molecule has 2 aromatic rings. The number of anilines is 1. The van der Waals surface area contributed by atoms with Gasteiger partial charge in [0, 0.05) is 17.2 Å². The van der Waals surface area contributed by atoms with E-state index in [1.54, 1.807) is 24.3 Å². The zero-order valence-electron chi connectivity index (χ0n) is 11.4. The van der Waals surface area contributed by atoms with Crippen LogP contribution in [0.4, 0.5) is 5.69 Å². The second-order valence-corrected chi connectivity index (χ2v) is 4.14. The standard InChI is InChI=1S/C17H13NO3/c1-21-17(20)14-8-10-15(11-9-14)18-16(19)12-7-13-5-3-2-4-6-13/h2-6,8-11H,1H3,(H,18,19). The predicted octanol–water partition coefficient (Wildman–Crippen LogP) is 2.46. The number of hydrogen-bond donors (Lipinski definition) is 1. The molecular formula is C17H13NO3. The van der Waals surface area contributed by atoms with Crippen LogP contribution >= 0.6 is 0 Å². The highest BCUT2D eigenvalue weighted by atomic mass is 16.5. The Morgan fingerprint density at radius 1 is 1.00 bits per heavy atom. The van der Waals surface area contributed by atoms with Gasteiger partial charge in [-0.3, -0.25) is 4.79 Å². The summed E-state index contributed by atoms with van der Waals surface area (Å²) >= 11 is 0. The van der Waals surface area contributed by atoms with Gasteiger partial charge < -0.3 is 10.1 Å². The molecular weight excluding hydrogens is 266 g/mol. The number of amides is 1. The number of rotatable bonds is 2. The molecule has 0 spiro atoms. The van der Waals surface area contributed by atoms with Crippen molar-refractivity contribution in [1.82, 2.24) is 0 Å². The van der Waals surface area contributed by atoms with Crippen LogP contribution in [-0.2, 0) is 9.53 Å². The van der Waals surface area contributed by atoms with E-state index in [1.165, 1.54) is 7.11 Å². The van der Waals surface area contributed by atoms with Gasteiger partial charge in [-0.25, -0.2) is 4.79 Å². The van der Waals surface area contributed by atoms with E-state index in [1.807, 2.05) is 30.3 Å². The highest BCUT2D eigenvalue weighted by Gasteiger charge is 2.05. The van der Waals surface area contributed by atoms with Crippen LogP contribution in [0.2, 0.25) is 0 Å². The fraction of sp³-hybridized carbons (Fsp3) is 0.0588. The van der Waals surface area contributed by atoms with Crippen molar-refractivity contribution in [1.29, 1.82) is 0 Å². The highest BCUT2D eigenvalue weighted by Crippen LogP contribution is 2.10. The minimum absolute atomic E-state index is 0.412. The molecule has 0 atom stereocenters. The van der Waals surface area contributed by atoms with Gasteiger partial charge in [-0.2, -0.15) is 0 Å². The molecule has 0 saturated heterocycles. The predicted molar refractivity (Wildman–Crippen MR) is 79.7 cm³/mol. The summed E-state index contributed by atoms with van der Waals surface area (Å²) in [6, 6.07) is 15.6. The Hall–Kier alpha value is -3.06. The number of hydrogen-bond acceptors (Lipinski definition) is 3. The average molecular weight is 279 g/mol. The van der Waals surface area contributed by atoms with E-state index in [0.717, 1.165) is 5.56 Å². The van der Waals surface area contributed by atoms with Gasteiger partial charge in [-0.15, -0.1) is 0 Å². The van der Waals surface area contributed by atoms with Crippen LogP contribution in [0, 0.1) is 11.8 Å². The van der Waals surface area contributed by atoms with Crippen LogP contribution in [-0.4, -0.2) is 19.0 Å². The maximum absolute atomic E-state index is 11.7. The summed E-state index contributed by atoms with van der Waals surface area (Å²) in [5.41, 5.74) is 1.76. The summed E-state index contributed by atoms with van der Waals surface area (Å²) in [6.07, 6.45) is 0. The Labute approximate surface area is 122 Å². The molecule has 2 aromatic carbocycles. The van der Waals surface area contributed by atoms with Crippen molar-refractivity contribution in [3.63, 3.8) is 0 Å². The molecule has 0 unspecified atom stereocenters. The SMILES string of the molecule is COC(=O)c1ccc(NC(=O)C#Cc2ccccc2)cc1. The molecule has 0 aliphatic rings. The average Bonchev–Trinajstić information content (AvgIpc) is 2.54. The van der Waals surface area contributed by atoms with Crippen molar-refractivity contribution in [3.8, 4) is 11.8 Å². The lowest BCUT2D eigenvalue weighted by molar-refractivity contribution is -0.111. The zero-order valence-corrected chi connectivity index (χ0v) is 11.4. The number of methoxy groups -OCH3 is 1. The number of carbonyl (C=O) groups is 2. The van der Waals surface area contributed by atoms with Crippen molar-refractivity contribution >= 4 is 17.6 Å². The zero-order chi connectivity index (χ0) is 15.1. The third-order valence-corrected chi connectivity index (χ3v) is 2.66. The Balaban J connectivity index is 2.00. The lowest BCUT2D eigenvalue weighted by Crippen LogP contribution is -2.09. The summed E-state index contributed by atoms with van der Waals surface area (Å²) in [4.78, 5) is 23.0. The van der Waals surface area contributed by atoms with E-state index in [-0.39, 0.29) is 0 Å². The molecule has 1 N–H and O–H groups in total. The van der Waals surface area contributed by atoms with E-state index in [2.05, 4.69) is 21.9 Å². The third-order valence-electron chi connectivity index (χ3n) is 2.66. The summed E-state index contributed by atoms with van der Waals surface area (Å²) in [6.45, 7) is 0. The first-order valence-electron chi connectivity index (χ1n) is 6.25. The highest BCUT2D eigenvalue weighted by molar-refractivity contribution is 6.04. The Morgan fingerprint density at radius 3 is 2.29 bits per heavy atom. The first-order chi connectivity index (χ1) is 10.2. The molecule has 0 aliphatic carbocycles. The first-order valence-corrected chi connectivity index (χ1v) is 6.25. The van der Waals surface area contributed by atoms with Crippen molar-refractivity contribution in [3.05, 3.63) is 65.7 Å². The van der Waals surface area contributed by atoms with Crippen molar-refractivity contribution < 1.29 is 14.3 Å². The van der Waals surface area contributed by atoms with Crippen molar-refractivity contribution in [2.45, 2.75) is 0 Å². The molecule has 0 fully saturated rings. The summed E-state index contributed by atoms with van der Waals surface area (Å²) in [7, 11) is 1.32. The maximum Gasteiger partial charge on any atom is 0.337 e. The van der Waals surface area contributed by atoms with Crippen LogP contribution in [0.1, 0.15) is 15.9 Å². The first kappa shape index (κ1) is 14.4. The van der Waals surface area contributed by atoms with E-state index < -0.39 is 11.9 Å². The van der Waals surface area contributed by atoms with Crippen LogP contribution < -0.4 is 5.32 Å². The molecule has 0 aliphatic heterocycles. The molecule has 4 heteroatoms. The van der Waals surface area contributed by atoms with Gasteiger partial charge in [0.05, 0.1) is 12.7 Å². The fourth-order valence-corrected chi connectivity index (χ4v) is 1.62. The van der Waals surface area contributed by atoms with Gasteiger partial charge in [0.15, 0.2) is 0 Å². The lowest BCUT2D eigenvalue weighted by Gasteiger charge is -2.02. The van der Waals surface area contributed by atoms with Gasteiger partial charge >= 0.3 is 11.9 Å². The largest absolute Gasteiger partial charge is 0.465 e. The Bertz CT molecular complexity index is 694. The molecule has 104 valence electrons. The Kier molecular flexibility index (Phi) is 4.73. The van der Waals surface area contributed by atoms with E-state index >= 15 is 0 Å². The van der Waals surface area contributed by atoms with Gasteiger partial charge in [-0.1, -0.05) is 24.1 Å². The molecule has 0 aromatic heterocycles. The summed E-state index contributed by atoms with van der Waals surface area (Å²) in [5, 5.41) is 2.63. The monoisotopic (exact) mass is 279 g/mol. The molecule has 1 amide bonds. The minimum atomic E-state index is -0.420. The molecule has 0 bridgehead atoms. The topological polar surface area (TPSA) is 55.4 Å². The number of esters is 1. The van der Waals surface area contributed by atoms with Crippen LogP contribution in [0.25, 0.3) is 0 Å². The number of benzene rings is 2. The van der Waals surface area contributed by atoms with Crippen LogP contribution in [0.3, 0.4) is 0 Å². The molecule has 4 nitrogen and oxygen atoms in total. The van der Waals surface area contributed by atoms with Gasteiger partial charge in [0.25, 0.3) is 0 Å².